The molecule has 1 atom stereocenters. The third-order valence-corrected chi connectivity index (χ3v) is 6.05. The summed E-state index contributed by atoms with van der Waals surface area (Å²) in [4.78, 5) is 36.0. The zero-order valence-electron chi connectivity index (χ0n) is 16.3. The van der Waals surface area contributed by atoms with Gasteiger partial charge in [0, 0.05) is 11.4 Å². The third-order valence-electron chi connectivity index (χ3n) is 4.09. The predicted molar refractivity (Wildman–Crippen MR) is 109 cm³/mol. The van der Waals surface area contributed by atoms with Crippen LogP contribution in [0.5, 0.6) is 0 Å². The molecule has 29 heavy (non-hydrogen) atoms. The van der Waals surface area contributed by atoms with E-state index >= 15 is 0 Å². The summed E-state index contributed by atoms with van der Waals surface area (Å²) in [7, 11) is -2.83. The first-order valence-electron chi connectivity index (χ1n) is 8.69. The fourth-order valence-electron chi connectivity index (χ4n) is 2.48. The van der Waals surface area contributed by atoms with E-state index in [4.69, 9.17) is 0 Å². The van der Waals surface area contributed by atoms with Crippen LogP contribution in [0.2, 0.25) is 0 Å². The van der Waals surface area contributed by atoms with Gasteiger partial charge in [-0.15, -0.1) is 0 Å². The highest BCUT2D eigenvalue weighted by atomic mass is 32.2. The first kappa shape index (κ1) is 22.1. The average Bonchev–Trinajstić information content (AvgIpc) is 2.66. The zero-order chi connectivity index (χ0) is 21.6. The SMILES string of the molecule is COC(=O)c1cccc(NC(=O)C(C)S(=O)(=O)CC(=O)Nc2cccc(C)c2)c1. The summed E-state index contributed by atoms with van der Waals surface area (Å²) >= 11 is 0. The van der Waals surface area contributed by atoms with E-state index in [-0.39, 0.29) is 11.3 Å². The Morgan fingerprint density at radius 2 is 1.62 bits per heavy atom. The summed E-state index contributed by atoms with van der Waals surface area (Å²) in [6.45, 7) is 3.04. The quantitative estimate of drug-likeness (QED) is 0.665. The molecule has 0 aliphatic rings. The maximum Gasteiger partial charge on any atom is 0.337 e. The monoisotopic (exact) mass is 418 g/mol. The largest absolute Gasteiger partial charge is 0.465 e. The number of ether oxygens (including phenoxy) is 1. The Labute approximate surface area is 169 Å². The number of hydrogen-bond acceptors (Lipinski definition) is 6. The lowest BCUT2D eigenvalue weighted by atomic mass is 10.2. The van der Waals surface area contributed by atoms with Crippen LogP contribution in [-0.2, 0) is 24.2 Å². The maximum atomic E-state index is 12.5. The first-order chi connectivity index (χ1) is 13.6. The second kappa shape index (κ2) is 9.33. The molecule has 0 saturated carbocycles. The number of rotatable bonds is 7. The Hall–Kier alpha value is -3.20. The van der Waals surface area contributed by atoms with Gasteiger partial charge in [0.05, 0.1) is 12.7 Å². The van der Waals surface area contributed by atoms with E-state index in [0.717, 1.165) is 5.56 Å². The summed E-state index contributed by atoms with van der Waals surface area (Å²) in [5.74, 6) is -2.97. The molecule has 2 aromatic carbocycles. The number of hydrogen-bond donors (Lipinski definition) is 2. The number of amides is 2. The Kier molecular flexibility index (Phi) is 7.11. The van der Waals surface area contributed by atoms with Crippen molar-refractivity contribution < 1.29 is 27.5 Å². The molecule has 0 aromatic heterocycles. The molecule has 2 rings (SSSR count). The highest BCUT2D eigenvalue weighted by Gasteiger charge is 2.30. The van der Waals surface area contributed by atoms with Gasteiger partial charge in [0.2, 0.25) is 11.8 Å². The fourth-order valence-corrected chi connectivity index (χ4v) is 3.55. The minimum absolute atomic E-state index is 0.207. The molecule has 0 saturated heterocycles. The van der Waals surface area contributed by atoms with Gasteiger partial charge in [0.15, 0.2) is 9.84 Å². The fraction of sp³-hybridized carbons (Fsp3) is 0.250. The normalized spacial score (nSPS) is 12.0. The van der Waals surface area contributed by atoms with Crippen LogP contribution in [0.15, 0.2) is 48.5 Å². The van der Waals surface area contributed by atoms with E-state index in [2.05, 4.69) is 15.4 Å². The number of anilines is 2. The summed E-state index contributed by atoms with van der Waals surface area (Å²) in [5, 5.41) is 3.48. The predicted octanol–water partition coefficient (Wildman–Crippen LogP) is 2.16. The standard InChI is InChI=1S/C20H22N2O6S/c1-13-6-4-8-16(10-13)21-18(23)12-29(26,27)14(2)19(24)22-17-9-5-7-15(11-17)20(25)28-3/h4-11,14H,12H2,1-3H3,(H,21,23)(H,22,24). The van der Waals surface area contributed by atoms with Crippen molar-refractivity contribution in [2.75, 3.05) is 23.5 Å². The minimum atomic E-state index is -4.06. The minimum Gasteiger partial charge on any atom is -0.465 e. The molecule has 9 heteroatoms. The van der Waals surface area contributed by atoms with E-state index in [9.17, 15) is 22.8 Å². The van der Waals surface area contributed by atoms with Gasteiger partial charge in [-0.2, -0.15) is 0 Å². The van der Waals surface area contributed by atoms with Crippen LogP contribution < -0.4 is 10.6 Å². The summed E-state index contributed by atoms with van der Waals surface area (Å²) in [6, 6.07) is 12.8. The summed E-state index contributed by atoms with van der Waals surface area (Å²) in [6.07, 6.45) is 0. The lowest BCUT2D eigenvalue weighted by Crippen LogP contribution is -2.37. The Morgan fingerprint density at radius 1 is 1.00 bits per heavy atom. The van der Waals surface area contributed by atoms with Gasteiger partial charge in [0.25, 0.3) is 0 Å². The number of carbonyl (C=O) groups is 3. The van der Waals surface area contributed by atoms with Crippen LogP contribution in [0.25, 0.3) is 0 Å². The second-order valence-electron chi connectivity index (χ2n) is 6.43. The number of benzene rings is 2. The highest BCUT2D eigenvalue weighted by molar-refractivity contribution is 7.93. The Morgan fingerprint density at radius 3 is 2.24 bits per heavy atom. The van der Waals surface area contributed by atoms with E-state index in [0.29, 0.717) is 5.69 Å². The van der Waals surface area contributed by atoms with Gasteiger partial charge in [-0.25, -0.2) is 13.2 Å². The number of carbonyl (C=O) groups excluding carboxylic acids is 3. The van der Waals surface area contributed by atoms with E-state index in [1.807, 2.05) is 13.0 Å². The molecule has 2 N–H and O–H groups in total. The lowest BCUT2D eigenvalue weighted by Gasteiger charge is -2.14. The Balaban J connectivity index is 2.03. The number of methoxy groups -OCH3 is 1. The molecule has 154 valence electrons. The van der Waals surface area contributed by atoms with Crippen molar-refractivity contribution >= 4 is 39.0 Å². The van der Waals surface area contributed by atoms with Crippen LogP contribution in [0.4, 0.5) is 11.4 Å². The molecule has 0 spiro atoms. The lowest BCUT2D eigenvalue weighted by molar-refractivity contribution is -0.115. The van der Waals surface area contributed by atoms with E-state index < -0.39 is 38.6 Å². The highest BCUT2D eigenvalue weighted by Crippen LogP contribution is 2.14. The number of sulfone groups is 1. The molecule has 0 radical (unpaired) electrons. The molecule has 2 amide bonds. The molecule has 2 aromatic rings. The van der Waals surface area contributed by atoms with Crippen LogP contribution in [0, 0.1) is 6.92 Å². The Bertz CT molecular complexity index is 1030. The summed E-state index contributed by atoms with van der Waals surface area (Å²) < 4.78 is 29.5. The van der Waals surface area contributed by atoms with Gasteiger partial charge in [-0.3, -0.25) is 9.59 Å². The van der Waals surface area contributed by atoms with Gasteiger partial charge in [-0.1, -0.05) is 18.2 Å². The molecule has 1 unspecified atom stereocenters. The molecule has 8 nitrogen and oxygen atoms in total. The number of nitrogens with one attached hydrogen (secondary N) is 2. The van der Waals surface area contributed by atoms with Crippen molar-refractivity contribution in [3.63, 3.8) is 0 Å². The van der Waals surface area contributed by atoms with E-state index in [1.54, 1.807) is 18.2 Å². The van der Waals surface area contributed by atoms with Crippen molar-refractivity contribution in [2.24, 2.45) is 0 Å². The van der Waals surface area contributed by atoms with Crippen LogP contribution in [-0.4, -0.2) is 44.3 Å². The molecule has 0 heterocycles. The third kappa shape index (κ3) is 6.15. The molecular formula is C20H22N2O6S. The van der Waals surface area contributed by atoms with Gasteiger partial charge >= 0.3 is 5.97 Å². The van der Waals surface area contributed by atoms with Gasteiger partial charge in [0.1, 0.15) is 11.0 Å². The molecule has 0 fully saturated rings. The van der Waals surface area contributed by atoms with Crippen molar-refractivity contribution in [3.05, 3.63) is 59.7 Å². The number of aryl methyl sites for hydroxylation is 1. The van der Waals surface area contributed by atoms with Crippen molar-refractivity contribution in [1.29, 1.82) is 0 Å². The van der Waals surface area contributed by atoms with Crippen LogP contribution in [0.3, 0.4) is 0 Å². The molecule has 0 aliphatic heterocycles. The number of esters is 1. The van der Waals surface area contributed by atoms with Gasteiger partial charge in [-0.05, 0) is 49.7 Å². The average molecular weight is 418 g/mol. The second-order valence-corrected chi connectivity index (χ2v) is 8.75. The summed E-state index contributed by atoms with van der Waals surface area (Å²) in [5.41, 5.74) is 1.83. The molecule has 0 bridgehead atoms. The topological polar surface area (TPSA) is 119 Å². The zero-order valence-corrected chi connectivity index (χ0v) is 17.1. The first-order valence-corrected chi connectivity index (χ1v) is 10.4. The maximum absolute atomic E-state index is 12.5. The van der Waals surface area contributed by atoms with Crippen molar-refractivity contribution in [3.8, 4) is 0 Å². The smallest absolute Gasteiger partial charge is 0.337 e. The molecular weight excluding hydrogens is 396 g/mol. The molecule has 0 aliphatic carbocycles. The van der Waals surface area contributed by atoms with Crippen molar-refractivity contribution in [1.82, 2.24) is 0 Å². The van der Waals surface area contributed by atoms with Gasteiger partial charge < -0.3 is 15.4 Å². The van der Waals surface area contributed by atoms with Crippen molar-refractivity contribution in [2.45, 2.75) is 19.1 Å². The van der Waals surface area contributed by atoms with Crippen LogP contribution in [0.1, 0.15) is 22.8 Å². The van der Waals surface area contributed by atoms with Crippen LogP contribution >= 0.6 is 0 Å². The van der Waals surface area contributed by atoms with E-state index in [1.165, 1.54) is 38.3 Å².